The minimum Gasteiger partial charge on any atom is -0.478 e. The first-order chi connectivity index (χ1) is 11.8. The highest BCUT2D eigenvalue weighted by Gasteiger charge is 2.12. The van der Waals surface area contributed by atoms with Gasteiger partial charge in [0, 0.05) is 5.69 Å². The topological polar surface area (TPSA) is 125 Å². The van der Waals surface area contributed by atoms with Crippen molar-refractivity contribution < 1.29 is 23.1 Å². The van der Waals surface area contributed by atoms with Crippen molar-refractivity contribution in [1.82, 2.24) is 4.83 Å². The minimum atomic E-state index is -3.85. The highest BCUT2D eigenvalue weighted by molar-refractivity contribution is 7.89. The number of rotatable bonds is 6. The summed E-state index contributed by atoms with van der Waals surface area (Å²) in [5, 5.41) is 14.6. The zero-order chi connectivity index (χ0) is 18.4. The fourth-order valence-corrected chi connectivity index (χ4v) is 2.59. The van der Waals surface area contributed by atoms with Crippen LogP contribution in [0.2, 0.25) is 0 Å². The van der Waals surface area contributed by atoms with Gasteiger partial charge in [0.25, 0.3) is 15.9 Å². The lowest BCUT2D eigenvalue weighted by Crippen LogP contribution is -2.21. The van der Waals surface area contributed by atoms with Crippen LogP contribution in [0.3, 0.4) is 0 Å². The van der Waals surface area contributed by atoms with Crippen molar-refractivity contribution in [2.45, 2.75) is 11.8 Å². The molecule has 0 fully saturated rings. The summed E-state index contributed by atoms with van der Waals surface area (Å²) >= 11 is 0. The van der Waals surface area contributed by atoms with Crippen LogP contribution in [-0.2, 0) is 14.8 Å². The van der Waals surface area contributed by atoms with Crippen molar-refractivity contribution in [2.75, 3.05) is 5.32 Å². The monoisotopic (exact) mass is 361 g/mol. The Morgan fingerprint density at radius 1 is 1.04 bits per heavy atom. The third-order valence-corrected chi connectivity index (χ3v) is 4.32. The Morgan fingerprint density at radius 2 is 1.64 bits per heavy atom. The molecule has 3 N–H and O–H groups in total. The molecule has 0 radical (unpaired) electrons. The number of carbonyl (C=O) groups is 2. The molecule has 0 spiro atoms. The number of hydrogen-bond acceptors (Lipinski definition) is 5. The molecule has 1 amide bonds. The predicted molar refractivity (Wildman–Crippen MR) is 92.0 cm³/mol. The molecule has 8 nitrogen and oxygen atoms in total. The number of aryl methyl sites for hydroxylation is 1. The van der Waals surface area contributed by atoms with Crippen LogP contribution in [0.1, 0.15) is 15.9 Å². The van der Waals surface area contributed by atoms with E-state index >= 15 is 0 Å². The Bertz CT molecular complexity index is 904. The number of benzene rings is 2. The summed E-state index contributed by atoms with van der Waals surface area (Å²) in [5.41, 5.74) is 1.34. The number of amides is 1. The first-order valence-corrected chi connectivity index (χ1v) is 8.52. The van der Waals surface area contributed by atoms with Crippen molar-refractivity contribution in [3.63, 3.8) is 0 Å². The second-order valence-corrected chi connectivity index (χ2v) is 6.70. The molecule has 0 saturated carbocycles. The van der Waals surface area contributed by atoms with E-state index in [4.69, 9.17) is 5.11 Å². The molecular weight excluding hydrogens is 346 g/mol. The molecule has 2 aromatic carbocycles. The average molecular weight is 361 g/mol. The van der Waals surface area contributed by atoms with E-state index in [0.717, 1.165) is 11.8 Å². The van der Waals surface area contributed by atoms with E-state index in [9.17, 15) is 18.0 Å². The molecule has 2 aromatic rings. The van der Waals surface area contributed by atoms with Crippen LogP contribution in [0, 0.1) is 6.92 Å². The van der Waals surface area contributed by atoms with E-state index in [0.29, 0.717) is 5.69 Å². The highest BCUT2D eigenvalue weighted by atomic mass is 32.2. The Kier molecular flexibility index (Phi) is 5.50. The molecular formula is C16H15N3O5S. The first-order valence-electron chi connectivity index (χ1n) is 7.04. The maximum atomic E-state index is 12.0. The molecule has 25 heavy (non-hydrogen) atoms. The number of carbonyl (C=O) groups excluding carboxylic acids is 1. The summed E-state index contributed by atoms with van der Waals surface area (Å²) in [4.78, 5) is 24.4. The van der Waals surface area contributed by atoms with Gasteiger partial charge in [0.15, 0.2) is 0 Å². The van der Waals surface area contributed by atoms with E-state index in [2.05, 4.69) is 10.4 Å². The van der Waals surface area contributed by atoms with Crippen molar-refractivity contribution in [3.8, 4) is 0 Å². The summed E-state index contributed by atoms with van der Waals surface area (Å²) in [6.45, 7) is 1.83. The number of sulfonamides is 1. The van der Waals surface area contributed by atoms with Crippen molar-refractivity contribution in [2.24, 2.45) is 5.10 Å². The number of aromatic carboxylic acids is 1. The molecule has 0 unspecified atom stereocenters. The van der Waals surface area contributed by atoms with E-state index in [1.807, 2.05) is 11.8 Å². The summed E-state index contributed by atoms with van der Waals surface area (Å²) in [6.07, 6.45) is 0.775. The van der Waals surface area contributed by atoms with Gasteiger partial charge in [-0.2, -0.15) is 18.4 Å². The van der Waals surface area contributed by atoms with Crippen LogP contribution in [0.25, 0.3) is 0 Å². The van der Waals surface area contributed by atoms with Gasteiger partial charge in [-0.15, -0.1) is 0 Å². The lowest BCUT2D eigenvalue weighted by Gasteiger charge is -2.04. The van der Waals surface area contributed by atoms with Crippen LogP contribution in [0.15, 0.2) is 58.5 Å². The SMILES string of the molecule is Cc1ccc(S(=O)(=O)N/N=C/C(=O)Nc2ccc(C(=O)O)cc2)cc1. The largest absolute Gasteiger partial charge is 0.478 e. The molecule has 9 heteroatoms. The number of carboxylic acids is 1. The van der Waals surface area contributed by atoms with E-state index in [-0.39, 0.29) is 10.5 Å². The highest BCUT2D eigenvalue weighted by Crippen LogP contribution is 2.10. The minimum absolute atomic E-state index is 0.0277. The lowest BCUT2D eigenvalue weighted by molar-refractivity contribution is -0.110. The first kappa shape index (κ1) is 18.1. The molecule has 130 valence electrons. The number of carboxylic acid groups (broad SMARTS) is 1. The summed E-state index contributed by atoms with van der Waals surface area (Å²) < 4.78 is 23.9. The molecule has 0 heterocycles. The van der Waals surface area contributed by atoms with Gasteiger partial charge in [-0.3, -0.25) is 4.79 Å². The van der Waals surface area contributed by atoms with Gasteiger partial charge in [-0.05, 0) is 43.3 Å². The Labute approximate surface area is 144 Å². The number of hydrogen-bond donors (Lipinski definition) is 3. The Hall–Kier alpha value is -3.20. The number of nitrogens with one attached hydrogen (secondary N) is 2. The zero-order valence-electron chi connectivity index (χ0n) is 13.1. The van der Waals surface area contributed by atoms with E-state index in [1.165, 1.54) is 36.4 Å². The fourth-order valence-electron chi connectivity index (χ4n) is 1.80. The number of hydrazone groups is 1. The van der Waals surface area contributed by atoms with Gasteiger partial charge in [0.1, 0.15) is 6.21 Å². The Balaban J connectivity index is 1.95. The van der Waals surface area contributed by atoms with Crippen molar-refractivity contribution >= 4 is 33.8 Å². The quantitative estimate of drug-likeness (QED) is 0.532. The van der Waals surface area contributed by atoms with Gasteiger partial charge in [-0.25, -0.2) is 4.79 Å². The maximum absolute atomic E-state index is 12.0. The van der Waals surface area contributed by atoms with Crippen molar-refractivity contribution in [1.29, 1.82) is 0 Å². The molecule has 0 aromatic heterocycles. The zero-order valence-corrected chi connectivity index (χ0v) is 13.9. The van der Waals surface area contributed by atoms with Crippen LogP contribution >= 0.6 is 0 Å². The lowest BCUT2D eigenvalue weighted by atomic mass is 10.2. The number of nitrogens with zero attached hydrogens (tertiary/aromatic N) is 1. The predicted octanol–water partition coefficient (Wildman–Crippen LogP) is 1.60. The fraction of sp³-hybridized carbons (Fsp3) is 0.0625. The molecule has 0 saturated heterocycles. The molecule has 0 atom stereocenters. The second kappa shape index (κ2) is 7.58. The molecule has 0 aliphatic carbocycles. The third-order valence-electron chi connectivity index (χ3n) is 3.09. The summed E-state index contributed by atoms with van der Waals surface area (Å²) in [7, 11) is -3.85. The smallest absolute Gasteiger partial charge is 0.335 e. The van der Waals surface area contributed by atoms with E-state index < -0.39 is 21.9 Å². The average Bonchev–Trinajstić information content (AvgIpc) is 2.55. The van der Waals surface area contributed by atoms with Crippen LogP contribution in [0.5, 0.6) is 0 Å². The normalized spacial score (nSPS) is 11.2. The van der Waals surface area contributed by atoms with Crippen LogP contribution in [0.4, 0.5) is 5.69 Å². The van der Waals surface area contributed by atoms with Gasteiger partial charge < -0.3 is 10.4 Å². The van der Waals surface area contributed by atoms with Gasteiger partial charge in [0.05, 0.1) is 10.5 Å². The van der Waals surface area contributed by atoms with Gasteiger partial charge in [0.2, 0.25) is 0 Å². The number of anilines is 1. The second-order valence-electron chi connectivity index (χ2n) is 5.04. The van der Waals surface area contributed by atoms with Crippen LogP contribution in [-0.4, -0.2) is 31.6 Å². The van der Waals surface area contributed by atoms with Crippen molar-refractivity contribution in [3.05, 3.63) is 59.7 Å². The van der Waals surface area contributed by atoms with Gasteiger partial charge in [-0.1, -0.05) is 17.7 Å². The standard InChI is InChI=1S/C16H15N3O5S/c1-11-2-8-14(9-3-11)25(23,24)19-17-10-15(20)18-13-6-4-12(5-7-13)16(21)22/h2-10,19H,1H3,(H,18,20)(H,21,22)/b17-10+. The van der Waals surface area contributed by atoms with Crippen LogP contribution < -0.4 is 10.1 Å². The molecule has 0 bridgehead atoms. The van der Waals surface area contributed by atoms with Gasteiger partial charge >= 0.3 is 5.97 Å². The maximum Gasteiger partial charge on any atom is 0.335 e. The molecule has 0 aliphatic rings. The Morgan fingerprint density at radius 3 is 2.20 bits per heavy atom. The molecule has 0 aliphatic heterocycles. The van der Waals surface area contributed by atoms with E-state index in [1.54, 1.807) is 12.1 Å². The summed E-state index contributed by atoms with van der Waals surface area (Å²) in [5.74, 6) is -1.75. The molecule has 2 rings (SSSR count). The summed E-state index contributed by atoms with van der Waals surface area (Å²) in [6, 6.07) is 11.6. The third kappa shape index (κ3) is 5.15.